The Hall–Kier alpha value is -3.98. The van der Waals surface area contributed by atoms with Crippen LogP contribution in [0.5, 0.6) is 0 Å². The lowest BCUT2D eigenvalue weighted by Crippen LogP contribution is -2.29. The number of hydrogen-bond acceptors (Lipinski definition) is 4. The summed E-state index contributed by atoms with van der Waals surface area (Å²) in [5, 5.41) is 12.1. The first-order valence-corrected chi connectivity index (χ1v) is 9.27. The average Bonchev–Trinajstić information content (AvgIpc) is 2.74. The summed E-state index contributed by atoms with van der Waals surface area (Å²) in [5.74, 6) is -0.326. The summed E-state index contributed by atoms with van der Waals surface area (Å²) in [6.45, 7) is 0. The Morgan fingerprint density at radius 1 is 1.00 bits per heavy atom. The summed E-state index contributed by atoms with van der Waals surface area (Å²) in [6.07, 6.45) is 1.65. The normalized spacial score (nSPS) is 12.7. The van der Waals surface area contributed by atoms with Crippen LogP contribution in [0.1, 0.15) is 44.8 Å². The zero-order chi connectivity index (χ0) is 20.4. The summed E-state index contributed by atoms with van der Waals surface area (Å²) in [4.78, 5) is 37.5. The fraction of sp³-hybridized carbons (Fsp3) is 0.130. The summed E-state index contributed by atoms with van der Waals surface area (Å²) in [7, 11) is 0. The van der Waals surface area contributed by atoms with Crippen molar-refractivity contribution in [1.82, 2.24) is 4.57 Å². The summed E-state index contributed by atoms with van der Waals surface area (Å²) < 4.78 is 1.42. The average molecular weight is 383 g/mol. The van der Waals surface area contributed by atoms with Gasteiger partial charge in [0.05, 0.1) is 0 Å². The second kappa shape index (κ2) is 7.56. The van der Waals surface area contributed by atoms with Gasteiger partial charge in [0.15, 0.2) is 5.78 Å². The van der Waals surface area contributed by atoms with Crippen LogP contribution in [0.15, 0.2) is 65.5 Å². The van der Waals surface area contributed by atoms with Crippen LogP contribution in [0.4, 0.5) is 5.69 Å². The van der Waals surface area contributed by atoms with E-state index in [2.05, 4.69) is 5.32 Å². The van der Waals surface area contributed by atoms with E-state index in [1.807, 2.05) is 24.3 Å². The molecule has 0 aliphatic heterocycles. The topological polar surface area (TPSA) is 92.0 Å². The van der Waals surface area contributed by atoms with Crippen LogP contribution in [-0.2, 0) is 6.42 Å². The number of carbonyl (C=O) groups is 2. The van der Waals surface area contributed by atoms with E-state index >= 15 is 0 Å². The minimum absolute atomic E-state index is 0.0599. The van der Waals surface area contributed by atoms with E-state index < -0.39 is 5.56 Å². The van der Waals surface area contributed by atoms with Crippen molar-refractivity contribution in [3.8, 4) is 11.8 Å². The highest BCUT2D eigenvalue weighted by Gasteiger charge is 2.24. The molecule has 1 aliphatic carbocycles. The number of aromatic nitrogens is 1. The molecule has 6 heteroatoms. The van der Waals surface area contributed by atoms with Crippen molar-refractivity contribution in [3.05, 3.63) is 93.4 Å². The molecular formula is C23H17N3O3. The number of anilines is 1. The van der Waals surface area contributed by atoms with Crippen molar-refractivity contribution in [2.45, 2.75) is 19.3 Å². The van der Waals surface area contributed by atoms with Gasteiger partial charge in [-0.3, -0.25) is 19.0 Å². The molecule has 0 unspecified atom stereocenters. The van der Waals surface area contributed by atoms with E-state index in [0.29, 0.717) is 47.5 Å². The van der Waals surface area contributed by atoms with Crippen molar-refractivity contribution in [3.63, 3.8) is 0 Å². The van der Waals surface area contributed by atoms with E-state index in [4.69, 9.17) is 0 Å². The van der Waals surface area contributed by atoms with Crippen LogP contribution in [0.2, 0.25) is 0 Å². The smallest absolute Gasteiger partial charge is 0.273 e. The molecule has 0 fully saturated rings. The molecule has 1 aliphatic rings. The largest absolute Gasteiger partial charge is 0.322 e. The van der Waals surface area contributed by atoms with Gasteiger partial charge in [-0.15, -0.1) is 0 Å². The lowest BCUT2D eigenvalue weighted by Gasteiger charge is -2.20. The molecule has 4 rings (SSSR count). The highest BCUT2D eigenvalue weighted by atomic mass is 16.2. The molecule has 0 radical (unpaired) electrons. The Balaban J connectivity index is 1.72. The van der Waals surface area contributed by atoms with E-state index in [-0.39, 0.29) is 17.3 Å². The number of ketones is 1. The van der Waals surface area contributed by atoms with Gasteiger partial charge in [0.1, 0.15) is 11.6 Å². The number of fused-ring (bicyclic) bond motifs is 1. The first-order chi connectivity index (χ1) is 14.1. The zero-order valence-electron chi connectivity index (χ0n) is 15.5. The number of nitrogens with one attached hydrogen (secondary N) is 1. The number of nitriles is 1. The van der Waals surface area contributed by atoms with Gasteiger partial charge < -0.3 is 5.32 Å². The molecule has 1 amide bonds. The molecule has 1 aromatic heterocycles. The van der Waals surface area contributed by atoms with Crippen LogP contribution < -0.4 is 10.9 Å². The molecule has 0 bridgehead atoms. The van der Waals surface area contributed by atoms with Crippen LogP contribution in [0, 0.1) is 11.3 Å². The number of para-hydroxylation sites is 1. The quantitative estimate of drug-likeness (QED) is 0.749. The second-order valence-corrected chi connectivity index (χ2v) is 6.81. The highest BCUT2D eigenvalue weighted by Crippen LogP contribution is 2.23. The lowest BCUT2D eigenvalue weighted by molar-refractivity contribution is 0.0969. The predicted octanol–water partition coefficient (Wildman–Crippen LogP) is 3.48. The number of carbonyl (C=O) groups excluding carboxylic acids is 2. The van der Waals surface area contributed by atoms with E-state index in [0.717, 1.165) is 0 Å². The van der Waals surface area contributed by atoms with Crippen molar-refractivity contribution >= 4 is 17.4 Å². The maximum Gasteiger partial charge on any atom is 0.273 e. The Bertz CT molecular complexity index is 1200. The minimum atomic E-state index is -0.456. The van der Waals surface area contributed by atoms with Crippen LogP contribution in [0.25, 0.3) is 5.69 Å². The number of rotatable bonds is 3. The van der Waals surface area contributed by atoms with Crippen molar-refractivity contribution < 1.29 is 9.59 Å². The molecule has 2 aromatic carbocycles. The SMILES string of the molecule is N#Cc1cc2c(n(-c3ccc(C(=O)Nc4ccccc4)cc3)c1=O)CCCC2=O. The Kier molecular flexibility index (Phi) is 4.80. The van der Waals surface area contributed by atoms with Gasteiger partial charge in [0, 0.05) is 34.6 Å². The fourth-order valence-corrected chi connectivity index (χ4v) is 3.53. The minimum Gasteiger partial charge on any atom is -0.322 e. The number of nitrogens with zero attached hydrogens (tertiary/aromatic N) is 2. The Labute approximate surface area is 167 Å². The van der Waals surface area contributed by atoms with Gasteiger partial charge in [0.25, 0.3) is 11.5 Å². The molecule has 6 nitrogen and oxygen atoms in total. The summed E-state index contributed by atoms with van der Waals surface area (Å²) >= 11 is 0. The molecule has 1 heterocycles. The molecule has 0 atom stereocenters. The number of Topliss-reactive ketones (excluding diaryl/α,β-unsaturated/α-hetero) is 1. The number of pyridine rings is 1. The molecule has 1 N–H and O–H groups in total. The molecule has 0 saturated heterocycles. The third kappa shape index (κ3) is 3.46. The van der Waals surface area contributed by atoms with E-state index in [1.165, 1.54) is 10.6 Å². The number of amides is 1. The first kappa shape index (κ1) is 18.4. The molecule has 142 valence electrons. The van der Waals surface area contributed by atoms with Gasteiger partial charge in [-0.25, -0.2) is 0 Å². The van der Waals surface area contributed by atoms with Crippen molar-refractivity contribution in [2.24, 2.45) is 0 Å². The highest BCUT2D eigenvalue weighted by molar-refractivity contribution is 6.04. The molecule has 0 saturated carbocycles. The van der Waals surface area contributed by atoms with Gasteiger partial charge >= 0.3 is 0 Å². The van der Waals surface area contributed by atoms with E-state index in [1.54, 1.807) is 36.4 Å². The third-order valence-corrected chi connectivity index (χ3v) is 4.96. The summed E-state index contributed by atoms with van der Waals surface area (Å²) in [6, 6.07) is 18.9. The second-order valence-electron chi connectivity index (χ2n) is 6.81. The van der Waals surface area contributed by atoms with Crippen molar-refractivity contribution in [1.29, 1.82) is 5.26 Å². The van der Waals surface area contributed by atoms with Crippen LogP contribution in [0.3, 0.4) is 0 Å². The fourth-order valence-electron chi connectivity index (χ4n) is 3.53. The number of hydrogen-bond donors (Lipinski definition) is 1. The third-order valence-electron chi connectivity index (χ3n) is 4.96. The molecular weight excluding hydrogens is 366 g/mol. The van der Waals surface area contributed by atoms with Gasteiger partial charge in [-0.05, 0) is 55.3 Å². The van der Waals surface area contributed by atoms with Gasteiger partial charge in [0.2, 0.25) is 0 Å². The lowest BCUT2D eigenvalue weighted by atomic mass is 9.93. The Morgan fingerprint density at radius 2 is 1.72 bits per heavy atom. The molecule has 29 heavy (non-hydrogen) atoms. The maximum absolute atomic E-state index is 12.8. The zero-order valence-corrected chi connectivity index (χ0v) is 15.5. The number of benzene rings is 2. The first-order valence-electron chi connectivity index (χ1n) is 9.27. The van der Waals surface area contributed by atoms with Crippen molar-refractivity contribution in [2.75, 3.05) is 5.32 Å². The van der Waals surface area contributed by atoms with E-state index in [9.17, 15) is 19.6 Å². The molecule has 0 spiro atoms. The van der Waals surface area contributed by atoms with Gasteiger partial charge in [-0.1, -0.05) is 18.2 Å². The standard InChI is InChI=1S/C23H17N3O3/c24-14-16-13-19-20(7-4-8-21(19)27)26(23(16)29)18-11-9-15(10-12-18)22(28)25-17-5-2-1-3-6-17/h1-3,5-6,9-13H,4,7-8H2,(H,25,28). The van der Waals surface area contributed by atoms with Gasteiger partial charge in [-0.2, -0.15) is 5.26 Å². The van der Waals surface area contributed by atoms with Crippen LogP contribution in [-0.4, -0.2) is 16.3 Å². The molecule has 3 aromatic rings. The predicted molar refractivity (Wildman–Crippen MR) is 108 cm³/mol. The monoisotopic (exact) mass is 383 g/mol. The maximum atomic E-state index is 12.8. The van der Waals surface area contributed by atoms with Crippen LogP contribution >= 0.6 is 0 Å². The summed E-state index contributed by atoms with van der Waals surface area (Å²) in [5.41, 5.74) is 2.17. The Morgan fingerprint density at radius 3 is 2.41 bits per heavy atom.